The SMILES string of the molecule is N#Cc1cccc2c3ccccc3n(-n3c4ccccc4c4ccccc43)c12. The molecule has 0 bridgehead atoms. The van der Waals surface area contributed by atoms with Crippen LogP contribution in [0.1, 0.15) is 5.56 Å². The molecule has 0 aliphatic rings. The molecular formula is C25H15N3. The number of fused-ring (bicyclic) bond motifs is 6. The zero-order valence-electron chi connectivity index (χ0n) is 15.0. The van der Waals surface area contributed by atoms with Crippen LogP contribution < -0.4 is 0 Å². The van der Waals surface area contributed by atoms with E-state index < -0.39 is 0 Å². The van der Waals surface area contributed by atoms with Gasteiger partial charge in [0.25, 0.3) is 0 Å². The first-order valence-electron chi connectivity index (χ1n) is 9.29. The van der Waals surface area contributed by atoms with Gasteiger partial charge >= 0.3 is 0 Å². The Morgan fingerprint density at radius 1 is 0.500 bits per heavy atom. The van der Waals surface area contributed by atoms with Gasteiger partial charge in [0.05, 0.1) is 27.6 Å². The van der Waals surface area contributed by atoms with Crippen molar-refractivity contribution in [1.29, 1.82) is 5.26 Å². The van der Waals surface area contributed by atoms with Gasteiger partial charge in [-0.25, -0.2) is 9.35 Å². The van der Waals surface area contributed by atoms with Crippen molar-refractivity contribution in [3.05, 3.63) is 96.6 Å². The number of nitriles is 1. The van der Waals surface area contributed by atoms with Crippen LogP contribution in [0, 0.1) is 11.3 Å². The molecule has 6 rings (SSSR count). The first kappa shape index (κ1) is 15.1. The van der Waals surface area contributed by atoms with E-state index in [4.69, 9.17) is 0 Å². The minimum Gasteiger partial charge on any atom is -0.248 e. The van der Waals surface area contributed by atoms with Gasteiger partial charge in [-0.05, 0) is 24.3 Å². The van der Waals surface area contributed by atoms with Crippen molar-refractivity contribution in [1.82, 2.24) is 9.35 Å². The van der Waals surface area contributed by atoms with Crippen molar-refractivity contribution in [2.45, 2.75) is 0 Å². The van der Waals surface area contributed by atoms with Gasteiger partial charge in [-0.2, -0.15) is 5.26 Å². The molecule has 0 saturated heterocycles. The van der Waals surface area contributed by atoms with Gasteiger partial charge in [-0.1, -0.05) is 66.7 Å². The predicted molar refractivity (Wildman–Crippen MR) is 114 cm³/mol. The van der Waals surface area contributed by atoms with E-state index in [0.29, 0.717) is 5.56 Å². The summed E-state index contributed by atoms with van der Waals surface area (Å²) in [6.45, 7) is 0. The second-order valence-corrected chi connectivity index (χ2v) is 6.99. The highest BCUT2D eigenvalue weighted by Crippen LogP contribution is 2.35. The normalized spacial score (nSPS) is 11.5. The molecule has 0 aliphatic carbocycles. The molecule has 0 atom stereocenters. The van der Waals surface area contributed by atoms with Crippen molar-refractivity contribution in [3.8, 4) is 6.07 Å². The molecule has 0 unspecified atom stereocenters. The smallest absolute Gasteiger partial charge is 0.101 e. The summed E-state index contributed by atoms with van der Waals surface area (Å²) in [6.07, 6.45) is 0. The number of hydrogen-bond acceptors (Lipinski definition) is 1. The first-order valence-corrected chi connectivity index (χ1v) is 9.29. The third-order valence-electron chi connectivity index (χ3n) is 5.55. The summed E-state index contributed by atoms with van der Waals surface area (Å²) in [4.78, 5) is 0. The van der Waals surface area contributed by atoms with E-state index in [-0.39, 0.29) is 0 Å². The lowest BCUT2D eigenvalue weighted by atomic mass is 10.1. The molecule has 4 aromatic carbocycles. The van der Waals surface area contributed by atoms with Gasteiger partial charge in [0.2, 0.25) is 0 Å². The Hall–Kier alpha value is -4.03. The second-order valence-electron chi connectivity index (χ2n) is 6.99. The molecule has 0 spiro atoms. The highest BCUT2D eigenvalue weighted by atomic mass is 15.5. The van der Waals surface area contributed by atoms with Crippen molar-refractivity contribution in [3.63, 3.8) is 0 Å². The van der Waals surface area contributed by atoms with E-state index in [2.05, 4.69) is 94.3 Å². The number of para-hydroxylation sites is 4. The topological polar surface area (TPSA) is 33.6 Å². The van der Waals surface area contributed by atoms with E-state index in [1.165, 1.54) is 10.8 Å². The molecular weight excluding hydrogens is 342 g/mol. The Balaban J connectivity index is 1.95. The summed E-state index contributed by atoms with van der Waals surface area (Å²) in [7, 11) is 0. The molecule has 3 heteroatoms. The number of aromatic nitrogens is 2. The molecule has 28 heavy (non-hydrogen) atoms. The zero-order valence-corrected chi connectivity index (χ0v) is 15.0. The molecule has 2 heterocycles. The van der Waals surface area contributed by atoms with Gasteiger partial charge in [0, 0.05) is 21.5 Å². The molecule has 0 fully saturated rings. The fourth-order valence-electron chi connectivity index (χ4n) is 4.41. The minimum absolute atomic E-state index is 0.676. The van der Waals surface area contributed by atoms with E-state index in [9.17, 15) is 5.26 Å². The van der Waals surface area contributed by atoms with E-state index in [1.807, 2.05) is 12.1 Å². The zero-order chi connectivity index (χ0) is 18.7. The Morgan fingerprint density at radius 2 is 0.964 bits per heavy atom. The van der Waals surface area contributed by atoms with Crippen LogP contribution in [0.2, 0.25) is 0 Å². The van der Waals surface area contributed by atoms with Crippen LogP contribution in [0.3, 0.4) is 0 Å². The van der Waals surface area contributed by atoms with E-state index in [0.717, 1.165) is 32.8 Å². The third kappa shape index (κ3) is 1.81. The van der Waals surface area contributed by atoms with Crippen LogP contribution in [0.25, 0.3) is 43.6 Å². The lowest BCUT2D eigenvalue weighted by Crippen LogP contribution is -2.09. The summed E-state index contributed by atoms with van der Waals surface area (Å²) in [5.74, 6) is 0. The van der Waals surface area contributed by atoms with Crippen molar-refractivity contribution in [2.24, 2.45) is 0 Å². The van der Waals surface area contributed by atoms with E-state index >= 15 is 0 Å². The molecule has 0 radical (unpaired) electrons. The Bertz CT molecular complexity index is 1520. The Kier molecular flexibility index (Phi) is 2.95. The highest BCUT2D eigenvalue weighted by molar-refractivity contribution is 6.12. The molecule has 0 aliphatic heterocycles. The van der Waals surface area contributed by atoms with Crippen molar-refractivity contribution >= 4 is 43.6 Å². The molecule has 0 N–H and O–H groups in total. The summed E-state index contributed by atoms with van der Waals surface area (Å²) in [6, 6.07) is 33.6. The Morgan fingerprint density at radius 3 is 1.54 bits per heavy atom. The maximum Gasteiger partial charge on any atom is 0.101 e. The van der Waals surface area contributed by atoms with Crippen LogP contribution in [0.4, 0.5) is 0 Å². The second kappa shape index (κ2) is 5.48. The largest absolute Gasteiger partial charge is 0.248 e. The minimum atomic E-state index is 0.676. The molecule has 6 aromatic rings. The number of hydrogen-bond donors (Lipinski definition) is 0. The van der Waals surface area contributed by atoms with Gasteiger partial charge < -0.3 is 0 Å². The number of nitrogens with zero attached hydrogens (tertiary/aromatic N) is 3. The average molecular weight is 357 g/mol. The molecule has 130 valence electrons. The predicted octanol–water partition coefficient (Wildman–Crippen LogP) is 6.09. The molecule has 2 aromatic heterocycles. The summed E-state index contributed by atoms with van der Waals surface area (Å²) in [5, 5.41) is 14.5. The third-order valence-corrected chi connectivity index (χ3v) is 5.55. The first-order chi connectivity index (χ1) is 13.9. The molecule has 0 saturated carbocycles. The van der Waals surface area contributed by atoms with Crippen LogP contribution in [-0.4, -0.2) is 9.35 Å². The van der Waals surface area contributed by atoms with Crippen LogP contribution in [-0.2, 0) is 0 Å². The standard InChI is InChI=1S/C25H15N3/c26-16-17-8-7-12-21-20-11-3-6-15-24(20)28(25(17)21)27-22-13-4-1-9-18(22)19-10-2-5-14-23(19)27/h1-15H. The number of benzene rings is 4. The quantitative estimate of drug-likeness (QED) is 0.351. The van der Waals surface area contributed by atoms with Crippen LogP contribution in [0.5, 0.6) is 0 Å². The van der Waals surface area contributed by atoms with Gasteiger partial charge in [0.1, 0.15) is 6.07 Å². The number of rotatable bonds is 1. The van der Waals surface area contributed by atoms with Gasteiger partial charge in [-0.15, -0.1) is 0 Å². The fraction of sp³-hybridized carbons (Fsp3) is 0. The van der Waals surface area contributed by atoms with Crippen LogP contribution in [0.15, 0.2) is 91.0 Å². The molecule has 0 amide bonds. The molecule has 3 nitrogen and oxygen atoms in total. The maximum atomic E-state index is 9.84. The summed E-state index contributed by atoms with van der Waals surface area (Å²) in [5.41, 5.74) is 4.96. The lowest BCUT2D eigenvalue weighted by Gasteiger charge is -2.13. The lowest BCUT2D eigenvalue weighted by molar-refractivity contribution is 0.774. The summed E-state index contributed by atoms with van der Waals surface area (Å²) >= 11 is 0. The van der Waals surface area contributed by atoms with Crippen LogP contribution >= 0.6 is 0 Å². The van der Waals surface area contributed by atoms with E-state index in [1.54, 1.807) is 0 Å². The van der Waals surface area contributed by atoms with Gasteiger partial charge in [0.15, 0.2) is 0 Å². The monoisotopic (exact) mass is 357 g/mol. The van der Waals surface area contributed by atoms with Crippen molar-refractivity contribution in [2.75, 3.05) is 0 Å². The van der Waals surface area contributed by atoms with Crippen molar-refractivity contribution < 1.29 is 0 Å². The van der Waals surface area contributed by atoms with Gasteiger partial charge in [-0.3, -0.25) is 0 Å². The maximum absolute atomic E-state index is 9.84. The fourth-order valence-corrected chi connectivity index (χ4v) is 4.41. The Labute approximate surface area is 161 Å². The average Bonchev–Trinajstić information content (AvgIpc) is 3.26. The summed E-state index contributed by atoms with van der Waals surface area (Å²) < 4.78 is 4.45. The highest BCUT2D eigenvalue weighted by Gasteiger charge is 2.18.